The Morgan fingerprint density at radius 3 is 2.76 bits per heavy atom. The lowest BCUT2D eigenvalue weighted by atomic mass is 9.48. The van der Waals surface area contributed by atoms with Crippen molar-refractivity contribution in [3.8, 4) is 6.07 Å². The third-order valence-electron chi connectivity index (χ3n) is 10.7. The number of rotatable bonds is 6. The van der Waals surface area contributed by atoms with E-state index in [9.17, 15) is 5.11 Å². The number of ether oxygens (including phenoxy) is 1. The maximum atomic E-state index is 11.1. The van der Waals surface area contributed by atoms with Crippen molar-refractivity contribution < 1.29 is 9.84 Å². The smallest absolute Gasteiger partial charge is 0.162 e. The Morgan fingerprint density at radius 1 is 1.18 bits per heavy atom. The van der Waals surface area contributed by atoms with Crippen molar-refractivity contribution >= 4 is 0 Å². The van der Waals surface area contributed by atoms with Crippen LogP contribution in [0.1, 0.15) is 84.3 Å². The molecule has 1 N–H and O–H groups in total. The number of hydrogen-bond donors (Lipinski definition) is 1. The van der Waals surface area contributed by atoms with Crippen LogP contribution in [0.2, 0.25) is 0 Å². The predicted molar refractivity (Wildman–Crippen MR) is 128 cm³/mol. The molecule has 5 nitrogen and oxygen atoms in total. The van der Waals surface area contributed by atoms with E-state index in [0.717, 1.165) is 49.0 Å². The van der Waals surface area contributed by atoms with Gasteiger partial charge in [-0.15, -0.1) is 0 Å². The molecule has 0 aromatic carbocycles. The van der Waals surface area contributed by atoms with Gasteiger partial charge in [-0.1, -0.05) is 13.8 Å². The lowest BCUT2D eigenvalue weighted by molar-refractivity contribution is -0.129. The number of nitrogens with zero attached hydrogens (tertiary/aromatic N) is 3. The van der Waals surface area contributed by atoms with E-state index in [2.05, 4.69) is 25.0 Å². The summed E-state index contributed by atoms with van der Waals surface area (Å²) < 4.78 is 7.63. The molecule has 0 amide bonds. The van der Waals surface area contributed by atoms with Crippen LogP contribution in [0, 0.1) is 58.2 Å². The molecule has 0 unspecified atom stereocenters. The molecule has 33 heavy (non-hydrogen) atoms. The second kappa shape index (κ2) is 9.00. The molecule has 1 heterocycles. The second-order valence-electron chi connectivity index (χ2n) is 12.3. The van der Waals surface area contributed by atoms with Crippen LogP contribution >= 0.6 is 0 Å². The number of aromatic nitrogens is 2. The minimum Gasteiger partial charge on any atom is -0.387 e. The van der Waals surface area contributed by atoms with E-state index in [1.807, 2.05) is 23.9 Å². The van der Waals surface area contributed by atoms with Crippen molar-refractivity contribution in [2.24, 2.45) is 46.8 Å². The molecule has 4 aliphatic rings. The summed E-state index contributed by atoms with van der Waals surface area (Å²) in [5, 5.41) is 24.7. The van der Waals surface area contributed by atoms with Crippen molar-refractivity contribution in [3.05, 3.63) is 18.0 Å². The zero-order valence-electron chi connectivity index (χ0n) is 20.9. The number of fused-ring (bicyclic) bond motifs is 5. The summed E-state index contributed by atoms with van der Waals surface area (Å²) in [6.45, 7) is 9.18. The fraction of sp³-hybridized carbons (Fsp3) is 0.857. The highest BCUT2D eigenvalue weighted by atomic mass is 16.5. The first kappa shape index (κ1) is 23.4. The zero-order chi connectivity index (χ0) is 23.2. The highest BCUT2D eigenvalue weighted by Crippen LogP contribution is 2.65. The SMILES string of the molecule is CCOC[C@@]1(O)CC[C@H]2[C@@H](CC[C@@H]3[C@@H]2CC[C@]2(C)[C@@H]([C@H](C)Cn4ccc(C#N)n4)CC[C@@H]32)C1. The van der Waals surface area contributed by atoms with Gasteiger partial charge in [0.25, 0.3) is 0 Å². The van der Waals surface area contributed by atoms with Crippen LogP contribution in [0.3, 0.4) is 0 Å². The maximum Gasteiger partial charge on any atom is 0.162 e. The van der Waals surface area contributed by atoms with Crippen LogP contribution in [-0.2, 0) is 11.3 Å². The Labute approximate surface area is 199 Å². The Morgan fingerprint density at radius 2 is 2.00 bits per heavy atom. The summed E-state index contributed by atoms with van der Waals surface area (Å²) in [7, 11) is 0. The number of aliphatic hydroxyl groups is 1. The summed E-state index contributed by atoms with van der Waals surface area (Å²) in [4.78, 5) is 0. The summed E-state index contributed by atoms with van der Waals surface area (Å²) in [6.07, 6.45) is 13.2. The molecule has 0 aliphatic heterocycles. The highest BCUT2D eigenvalue weighted by Gasteiger charge is 2.58. The second-order valence-corrected chi connectivity index (χ2v) is 12.3. The summed E-state index contributed by atoms with van der Waals surface area (Å²) in [5.74, 6) is 5.47. The van der Waals surface area contributed by atoms with E-state index in [4.69, 9.17) is 10.00 Å². The molecule has 4 aliphatic carbocycles. The van der Waals surface area contributed by atoms with Gasteiger partial charge >= 0.3 is 0 Å². The topological polar surface area (TPSA) is 71.1 Å². The van der Waals surface area contributed by atoms with Crippen molar-refractivity contribution in [2.75, 3.05) is 13.2 Å². The van der Waals surface area contributed by atoms with Crippen LogP contribution < -0.4 is 0 Å². The normalized spacial score (nSPS) is 43.2. The quantitative estimate of drug-likeness (QED) is 0.624. The molecule has 0 saturated heterocycles. The van der Waals surface area contributed by atoms with Crippen molar-refractivity contribution in [1.82, 2.24) is 9.78 Å². The van der Waals surface area contributed by atoms with Crippen LogP contribution in [-0.4, -0.2) is 33.7 Å². The van der Waals surface area contributed by atoms with E-state index in [0.29, 0.717) is 36.2 Å². The van der Waals surface area contributed by atoms with Gasteiger partial charge in [0.05, 0.1) is 12.2 Å². The van der Waals surface area contributed by atoms with E-state index in [-0.39, 0.29) is 0 Å². The first-order valence-electron chi connectivity index (χ1n) is 13.6. The van der Waals surface area contributed by atoms with Crippen molar-refractivity contribution in [1.29, 1.82) is 5.26 Å². The largest absolute Gasteiger partial charge is 0.387 e. The molecule has 0 spiro atoms. The number of nitriles is 1. The van der Waals surface area contributed by atoms with E-state index in [1.165, 1.54) is 44.9 Å². The third-order valence-corrected chi connectivity index (χ3v) is 10.7. The molecule has 9 atom stereocenters. The minimum absolute atomic E-state index is 0.447. The fourth-order valence-electron chi connectivity index (χ4n) is 9.31. The molecule has 4 fully saturated rings. The monoisotopic (exact) mass is 453 g/mol. The van der Waals surface area contributed by atoms with E-state index in [1.54, 1.807) is 0 Å². The average molecular weight is 454 g/mol. The van der Waals surface area contributed by atoms with Crippen molar-refractivity contribution in [2.45, 2.75) is 90.7 Å². The van der Waals surface area contributed by atoms with Crippen LogP contribution in [0.4, 0.5) is 0 Å². The van der Waals surface area contributed by atoms with Gasteiger partial charge < -0.3 is 9.84 Å². The molecular weight excluding hydrogens is 410 g/mol. The van der Waals surface area contributed by atoms with Gasteiger partial charge in [-0.2, -0.15) is 10.4 Å². The van der Waals surface area contributed by atoms with Crippen molar-refractivity contribution in [3.63, 3.8) is 0 Å². The van der Waals surface area contributed by atoms with Gasteiger partial charge in [0.15, 0.2) is 5.69 Å². The molecule has 1 aromatic rings. The van der Waals surface area contributed by atoms with Gasteiger partial charge in [-0.05, 0) is 118 Å². The Bertz CT molecular complexity index is 877. The molecule has 0 bridgehead atoms. The summed E-state index contributed by atoms with van der Waals surface area (Å²) in [6, 6.07) is 3.99. The fourth-order valence-corrected chi connectivity index (χ4v) is 9.31. The number of hydrogen-bond acceptors (Lipinski definition) is 4. The summed E-state index contributed by atoms with van der Waals surface area (Å²) >= 11 is 0. The lowest BCUT2D eigenvalue weighted by Crippen LogP contribution is -2.52. The molecule has 4 saturated carbocycles. The molecule has 182 valence electrons. The van der Waals surface area contributed by atoms with Crippen LogP contribution in [0.25, 0.3) is 0 Å². The molecule has 1 aromatic heterocycles. The summed E-state index contributed by atoms with van der Waals surface area (Å²) in [5.41, 5.74) is 0.387. The Balaban J connectivity index is 1.26. The van der Waals surface area contributed by atoms with Gasteiger partial charge in [-0.25, -0.2) is 0 Å². The van der Waals surface area contributed by atoms with E-state index >= 15 is 0 Å². The van der Waals surface area contributed by atoms with Gasteiger partial charge in [-0.3, -0.25) is 4.68 Å². The average Bonchev–Trinajstić information content (AvgIpc) is 3.40. The zero-order valence-corrected chi connectivity index (χ0v) is 20.9. The Kier molecular flexibility index (Phi) is 6.38. The molecule has 5 heteroatoms. The predicted octanol–water partition coefficient (Wildman–Crippen LogP) is 5.43. The third kappa shape index (κ3) is 4.16. The van der Waals surface area contributed by atoms with E-state index < -0.39 is 5.60 Å². The lowest BCUT2D eigenvalue weighted by Gasteiger charge is -2.57. The van der Waals surface area contributed by atoms with Gasteiger partial charge in [0.1, 0.15) is 6.07 Å². The molecule has 0 radical (unpaired) electrons. The standard InChI is InChI=1S/C28H43N3O2/c1-4-33-18-28(32)13-10-22-20(15-28)5-6-24-23(22)9-12-27(3)25(7-8-26(24)27)19(2)17-31-14-11-21(16-29)30-31/h11,14,19-20,22-26,32H,4-10,12-13,15,17-18H2,1-3H3/t19-,20+,22+,23-,24-,25-,26+,27-,28-/m1/s1. The minimum atomic E-state index is -0.584. The first-order chi connectivity index (χ1) is 15.9. The van der Waals surface area contributed by atoms with Gasteiger partial charge in [0, 0.05) is 19.3 Å². The first-order valence-corrected chi connectivity index (χ1v) is 13.6. The molecular formula is C28H43N3O2. The molecule has 5 rings (SSSR count). The highest BCUT2D eigenvalue weighted by molar-refractivity contribution is 5.16. The van der Waals surface area contributed by atoms with Crippen LogP contribution in [0.5, 0.6) is 0 Å². The van der Waals surface area contributed by atoms with Crippen LogP contribution in [0.15, 0.2) is 12.3 Å². The van der Waals surface area contributed by atoms with Gasteiger partial charge in [0.2, 0.25) is 0 Å². The Hall–Kier alpha value is -1.38. The maximum absolute atomic E-state index is 11.1.